The summed E-state index contributed by atoms with van der Waals surface area (Å²) in [5.74, 6) is -0.128. The maximum Gasteiger partial charge on any atom is 0.220 e. The molecule has 0 spiro atoms. The maximum atomic E-state index is 13.0. The quantitative estimate of drug-likeness (QED) is 0.314. The number of hydrogen-bond acceptors (Lipinski definition) is 4. The summed E-state index contributed by atoms with van der Waals surface area (Å²) in [5.41, 5.74) is 4.24. The first kappa shape index (κ1) is 21.2. The van der Waals surface area contributed by atoms with Gasteiger partial charge in [-0.3, -0.25) is 10.2 Å². The predicted molar refractivity (Wildman–Crippen MR) is 128 cm³/mol. The van der Waals surface area contributed by atoms with E-state index in [2.05, 4.69) is 5.16 Å². The monoisotopic (exact) mass is 476 g/mol. The number of ketones is 1. The number of nitrogens with zero attached hydrogens (tertiary/aromatic N) is 3. The first-order chi connectivity index (χ1) is 16.0. The fourth-order valence-corrected chi connectivity index (χ4v) is 4.02. The SMILES string of the molecule is N=c1n(CC(=O)c2cc(-c3ccc(Cl)cc3)no2)c2ccccc2n1Cc1ccc(Cl)cc1. The zero-order chi connectivity index (χ0) is 22.9. The molecule has 0 unspecified atom stereocenters. The van der Waals surface area contributed by atoms with Crippen molar-refractivity contribution in [2.45, 2.75) is 13.1 Å². The smallest absolute Gasteiger partial charge is 0.220 e. The summed E-state index contributed by atoms with van der Waals surface area (Å²) in [6.07, 6.45) is 0. The van der Waals surface area contributed by atoms with Crippen LogP contribution < -0.4 is 5.62 Å². The van der Waals surface area contributed by atoms with E-state index in [1.54, 1.807) is 22.8 Å². The standard InChI is InChI=1S/C25H18Cl2N4O2/c26-18-9-5-16(6-10-18)14-30-21-3-1-2-4-22(21)31(25(30)28)15-23(32)24-13-20(29-33-24)17-7-11-19(27)12-8-17/h1-13,28H,14-15H2. The summed E-state index contributed by atoms with van der Waals surface area (Å²) in [5, 5.41) is 14.1. The Hall–Kier alpha value is -3.61. The lowest BCUT2D eigenvalue weighted by molar-refractivity contribution is 0.0935. The molecular weight excluding hydrogens is 459 g/mol. The van der Waals surface area contributed by atoms with Crippen molar-refractivity contribution < 1.29 is 9.32 Å². The van der Waals surface area contributed by atoms with E-state index in [4.69, 9.17) is 33.1 Å². The highest BCUT2D eigenvalue weighted by Crippen LogP contribution is 2.22. The van der Waals surface area contributed by atoms with Crippen LogP contribution in [-0.2, 0) is 13.1 Å². The number of para-hydroxylation sites is 2. The summed E-state index contributed by atoms with van der Waals surface area (Å²) in [6, 6.07) is 23.9. The molecule has 2 aromatic heterocycles. The van der Waals surface area contributed by atoms with Crippen LogP contribution in [0.2, 0.25) is 10.0 Å². The lowest BCUT2D eigenvalue weighted by Crippen LogP contribution is -2.27. The Morgan fingerprint density at radius 2 is 1.48 bits per heavy atom. The van der Waals surface area contributed by atoms with E-state index < -0.39 is 0 Å². The highest BCUT2D eigenvalue weighted by atomic mass is 35.5. The molecule has 33 heavy (non-hydrogen) atoms. The molecule has 0 fully saturated rings. The number of carbonyl (C=O) groups excluding carboxylic acids is 1. The fraction of sp³-hybridized carbons (Fsp3) is 0.0800. The summed E-state index contributed by atoms with van der Waals surface area (Å²) in [4.78, 5) is 13.0. The van der Waals surface area contributed by atoms with Crippen LogP contribution in [0.5, 0.6) is 0 Å². The first-order valence-electron chi connectivity index (χ1n) is 10.2. The van der Waals surface area contributed by atoms with Crippen molar-refractivity contribution in [2.24, 2.45) is 0 Å². The van der Waals surface area contributed by atoms with Gasteiger partial charge in [-0.1, -0.05) is 64.8 Å². The van der Waals surface area contributed by atoms with Crippen LogP contribution in [0.4, 0.5) is 0 Å². The van der Waals surface area contributed by atoms with Gasteiger partial charge in [0.15, 0.2) is 0 Å². The Morgan fingerprint density at radius 3 is 2.15 bits per heavy atom. The second-order valence-corrected chi connectivity index (χ2v) is 8.49. The highest BCUT2D eigenvalue weighted by Gasteiger charge is 2.18. The van der Waals surface area contributed by atoms with Crippen LogP contribution in [0, 0.1) is 5.41 Å². The molecule has 2 heterocycles. The Kier molecular flexibility index (Phi) is 5.62. The topological polar surface area (TPSA) is 76.8 Å². The van der Waals surface area contributed by atoms with Crippen molar-refractivity contribution in [3.8, 4) is 11.3 Å². The van der Waals surface area contributed by atoms with E-state index in [0.29, 0.717) is 22.3 Å². The molecule has 0 saturated carbocycles. The molecule has 5 aromatic rings. The van der Waals surface area contributed by atoms with Crippen LogP contribution in [0.15, 0.2) is 83.4 Å². The van der Waals surface area contributed by atoms with Crippen molar-refractivity contribution in [1.82, 2.24) is 14.3 Å². The molecule has 164 valence electrons. The zero-order valence-corrected chi connectivity index (χ0v) is 18.8. The van der Waals surface area contributed by atoms with E-state index in [-0.39, 0.29) is 23.7 Å². The third kappa shape index (κ3) is 4.23. The van der Waals surface area contributed by atoms with Gasteiger partial charge in [0.05, 0.1) is 24.1 Å². The third-order valence-corrected chi connectivity index (χ3v) is 5.96. The fourth-order valence-electron chi connectivity index (χ4n) is 3.77. The third-order valence-electron chi connectivity index (χ3n) is 5.46. The lowest BCUT2D eigenvalue weighted by atomic mass is 10.1. The number of nitrogens with one attached hydrogen (secondary N) is 1. The lowest BCUT2D eigenvalue weighted by Gasteiger charge is -2.05. The second-order valence-electron chi connectivity index (χ2n) is 7.62. The average Bonchev–Trinajstić information content (AvgIpc) is 3.41. The number of halogens is 2. The van der Waals surface area contributed by atoms with Crippen LogP contribution in [0.1, 0.15) is 16.1 Å². The van der Waals surface area contributed by atoms with Gasteiger partial charge in [0, 0.05) is 21.7 Å². The normalized spacial score (nSPS) is 11.2. The molecular formula is C25H18Cl2N4O2. The predicted octanol–water partition coefficient (Wildman–Crippen LogP) is 5.82. The summed E-state index contributed by atoms with van der Waals surface area (Å²) in [7, 11) is 0. The molecule has 0 aliphatic rings. The molecule has 0 aliphatic carbocycles. The van der Waals surface area contributed by atoms with Crippen LogP contribution in [0.3, 0.4) is 0 Å². The number of rotatable bonds is 6. The number of aromatic nitrogens is 3. The molecule has 0 aliphatic heterocycles. The molecule has 0 radical (unpaired) electrons. The molecule has 8 heteroatoms. The highest BCUT2D eigenvalue weighted by molar-refractivity contribution is 6.30. The number of hydrogen-bond donors (Lipinski definition) is 1. The van der Waals surface area contributed by atoms with Gasteiger partial charge in [-0.15, -0.1) is 0 Å². The molecule has 5 rings (SSSR count). The van der Waals surface area contributed by atoms with Gasteiger partial charge in [-0.2, -0.15) is 0 Å². The number of benzene rings is 3. The Morgan fingerprint density at radius 1 is 0.879 bits per heavy atom. The van der Waals surface area contributed by atoms with E-state index in [9.17, 15) is 4.79 Å². The number of carbonyl (C=O) groups is 1. The molecule has 0 amide bonds. The van der Waals surface area contributed by atoms with E-state index in [0.717, 1.165) is 22.2 Å². The summed E-state index contributed by atoms with van der Waals surface area (Å²) >= 11 is 11.9. The number of Topliss-reactive ketones (excluding diaryl/α,β-unsaturated/α-hetero) is 1. The van der Waals surface area contributed by atoms with Crippen LogP contribution >= 0.6 is 23.2 Å². The molecule has 0 bridgehead atoms. The van der Waals surface area contributed by atoms with Crippen LogP contribution in [0.25, 0.3) is 22.3 Å². The van der Waals surface area contributed by atoms with Gasteiger partial charge in [0.2, 0.25) is 17.2 Å². The van der Waals surface area contributed by atoms with Crippen molar-refractivity contribution in [1.29, 1.82) is 5.41 Å². The van der Waals surface area contributed by atoms with E-state index >= 15 is 0 Å². The number of fused-ring (bicyclic) bond motifs is 1. The molecule has 6 nitrogen and oxygen atoms in total. The van der Waals surface area contributed by atoms with Gasteiger partial charge < -0.3 is 13.7 Å². The zero-order valence-electron chi connectivity index (χ0n) is 17.3. The summed E-state index contributed by atoms with van der Waals surface area (Å²) < 4.78 is 8.87. The first-order valence-corrected chi connectivity index (χ1v) is 11.0. The molecule has 3 aromatic carbocycles. The molecule has 0 atom stereocenters. The Bertz CT molecular complexity index is 1510. The second kappa shape index (κ2) is 8.73. The number of imidazole rings is 1. The Balaban J connectivity index is 1.46. The van der Waals surface area contributed by atoms with Gasteiger partial charge in [-0.25, -0.2) is 0 Å². The molecule has 1 N–H and O–H groups in total. The average molecular weight is 477 g/mol. The van der Waals surface area contributed by atoms with Crippen molar-refractivity contribution >= 4 is 40.0 Å². The minimum absolute atomic E-state index is 0.0395. The van der Waals surface area contributed by atoms with E-state index in [1.807, 2.05) is 65.2 Å². The van der Waals surface area contributed by atoms with Gasteiger partial charge in [0.1, 0.15) is 5.69 Å². The van der Waals surface area contributed by atoms with Crippen molar-refractivity contribution in [3.63, 3.8) is 0 Å². The van der Waals surface area contributed by atoms with Crippen molar-refractivity contribution in [2.75, 3.05) is 0 Å². The van der Waals surface area contributed by atoms with Crippen molar-refractivity contribution in [3.05, 3.63) is 106 Å². The van der Waals surface area contributed by atoms with E-state index in [1.165, 1.54) is 0 Å². The van der Waals surface area contributed by atoms with Gasteiger partial charge in [0.25, 0.3) is 0 Å². The Labute approximate surface area is 199 Å². The maximum absolute atomic E-state index is 13.0. The molecule has 0 saturated heterocycles. The largest absolute Gasteiger partial charge is 0.352 e. The summed E-state index contributed by atoms with van der Waals surface area (Å²) in [6.45, 7) is 0.447. The van der Waals surface area contributed by atoms with Gasteiger partial charge in [-0.05, 0) is 42.0 Å². The minimum atomic E-state index is -0.268. The van der Waals surface area contributed by atoms with Crippen LogP contribution in [-0.4, -0.2) is 20.1 Å². The minimum Gasteiger partial charge on any atom is -0.352 e. The van der Waals surface area contributed by atoms with Gasteiger partial charge >= 0.3 is 0 Å².